The summed E-state index contributed by atoms with van der Waals surface area (Å²) in [7, 11) is 0. The Morgan fingerprint density at radius 3 is 2.16 bits per heavy atom. The molecule has 0 saturated heterocycles. The van der Waals surface area contributed by atoms with Crippen molar-refractivity contribution in [3.63, 3.8) is 0 Å². The molecule has 3 nitrogen and oxygen atoms in total. The van der Waals surface area contributed by atoms with Gasteiger partial charge in [0.25, 0.3) is 0 Å². The van der Waals surface area contributed by atoms with Crippen LogP contribution in [0, 0.1) is 5.92 Å². The van der Waals surface area contributed by atoms with Gasteiger partial charge < -0.3 is 0 Å². The highest BCUT2D eigenvalue weighted by Gasteiger charge is 2.51. The van der Waals surface area contributed by atoms with Crippen molar-refractivity contribution in [2.75, 3.05) is 0 Å². The van der Waals surface area contributed by atoms with Gasteiger partial charge in [-0.3, -0.25) is 9.58 Å². The lowest BCUT2D eigenvalue weighted by Crippen LogP contribution is -2.66. The van der Waals surface area contributed by atoms with E-state index in [1.165, 1.54) is 5.69 Å². The fourth-order valence-corrected chi connectivity index (χ4v) is 4.28. The molecule has 1 aromatic rings. The third-order valence-electron chi connectivity index (χ3n) is 4.67. The summed E-state index contributed by atoms with van der Waals surface area (Å²) < 4.78 is 2.25. The summed E-state index contributed by atoms with van der Waals surface area (Å²) in [6, 6.07) is 3.17. The van der Waals surface area contributed by atoms with Crippen LogP contribution in [0.4, 0.5) is 0 Å². The van der Waals surface area contributed by atoms with Crippen molar-refractivity contribution in [3.8, 4) is 0 Å². The van der Waals surface area contributed by atoms with Crippen LogP contribution in [0.5, 0.6) is 0 Å². The summed E-state index contributed by atoms with van der Waals surface area (Å²) in [5, 5.41) is 4.62. The Bertz CT molecular complexity index is 414. The summed E-state index contributed by atoms with van der Waals surface area (Å²) >= 11 is 0. The highest BCUT2D eigenvalue weighted by molar-refractivity contribution is 5.21. The molecule has 1 aromatic heterocycles. The molecule has 19 heavy (non-hydrogen) atoms. The van der Waals surface area contributed by atoms with Gasteiger partial charge in [0.1, 0.15) is 0 Å². The maximum atomic E-state index is 4.62. The Hall–Kier alpha value is -0.830. The van der Waals surface area contributed by atoms with Gasteiger partial charge in [-0.15, -0.1) is 0 Å². The molecule has 0 bridgehead atoms. The zero-order chi connectivity index (χ0) is 14.6. The first-order chi connectivity index (χ1) is 8.61. The van der Waals surface area contributed by atoms with Gasteiger partial charge in [0.15, 0.2) is 0 Å². The van der Waals surface area contributed by atoms with E-state index in [9.17, 15) is 0 Å². The second-order valence-electron chi connectivity index (χ2n) is 7.53. The summed E-state index contributed by atoms with van der Waals surface area (Å²) in [5.41, 5.74) is 1.37. The molecule has 0 radical (unpaired) electrons. The van der Waals surface area contributed by atoms with Crippen molar-refractivity contribution in [1.29, 1.82) is 0 Å². The Morgan fingerprint density at radius 2 is 1.68 bits per heavy atom. The lowest BCUT2D eigenvalue weighted by Gasteiger charge is -2.58. The van der Waals surface area contributed by atoms with E-state index >= 15 is 0 Å². The van der Waals surface area contributed by atoms with Crippen LogP contribution in [0.25, 0.3) is 0 Å². The highest BCUT2D eigenvalue weighted by Crippen LogP contribution is 2.45. The number of aromatic nitrogens is 2. The molecule has 0 aliphatic carbocycles. The Balaban J connectivity index is 2.68. The van der Waals surface area contributed by atoms with E-state index in [0.29, 0.717) is 18.0 Å². The van der Waals surface area contributed by atoms with Gasteiger partial charge in [-0.05, 0) is 53.5 Å². The molecule has 0 spiro atoms. The van der Waals surface area contributed by atoms with Crippen molar-refractivity contribution in [3.05, 3.63) is 18.0 Å². The molecule has 0 fully saturated rings. The average Bonchev–Trinajstić information content (AvgIpc) is 2.72. The Kier molecular flexibility index (Phi) is 3.33. The molecular formula is C16H29N3. The fraction of sp³-hybridized carbons (Fsp3) is 0.812. The van der Waals surface area contributed by atoms with Gasteiger partial charge in [-0.2, -0.15) is 5.10 Å². The van der Waals surface area contributed by atoms with Crippen molar-refractivity contribution < 1.29 is 0 Å². The van der Waals surface area contributed by atoms with E-state index in [1.807, 2.05) is 6.20 Å². The molecule has 1 atom stereocenters. The third-order valence-corrected chi connectivity index (χ3v) is 4.67. The minimum atomic E-state index is 0.0206. The fourth-order valence-electron chi connectivity index (χ4n) is 4.28. The molecule has 0 amide bonds. The lowest BCUT2D eigenvalue weighted by molar-refractivity contribution is -0.0765. The molecule has 2 heterocycles. The number of hydrogen-bond donors (Lipinski definition) is 0. The third kappa shape index (κ3) is 1.94. The summed E-state index contributed by atoms with van der Waals surface area (Å²) in [4.78, 5) is 2.68. The topological polar surface area (TPSA) is 21.1 Å². The first-order valence-corrected chi connectivity index (χ1v) is 7.45. The van der Waals surface area contributed by atoms with E-state index in [2.05, 4.69) is 76.1 Å². The van der Waals surface area contributed by atoms with Crippen LogP contribution in [-0.2, 0) is 11.1 Å². The number of fused-ring (bicyclic) bond motifs is 1. The molecule has 1 aliphatic rings. The number of rotatable bonds is 2. The second kappa shape index (κ2) is 4.34. The van der Waals surface area contributed by atoms with Crippen LogP contribution in [0.15, 0.2) is 12.3 Å². The zero-order valence-corrected chi connectivity index (χ0v) is 13.7. The Labute approximate surface area is 118 Å². The van der Waals surface area contributed by atoms with Crippen molar-refractivity contribution in [1.82, 2.24) is 14.7 Å². The monoisotopic (exact) mass is 263 g/mol. The first kappa shape index (κ1) is 14.6. The van der Waals surface area contributed by atoms with Gasteiger partial charge in [-0.25, -0.2) is 0 Å². The van der Waals surface area contributed by atoms with E-state index in [0.717, 1.165) is 0 Å². The van der Waals surface area contributed by atoms with Gasteiger partial charge in [0.2, 0.25) is 0 Å². The predicted octanol–water partition coefficient (Wildman–Crippen LogP) is 3.60. The minimum absolute atomic E-state index is 0.0206. The van der Waals surface area contributed by atoms with E-state index in [-0.39, 0.29) is 11.1 Å². The normalized spacial score (nSPS) is 25.9. The van der Waals surface area contributed by atoms with Crippen molar-refractivity contribution >= 4 is 0 Å². The van der Waals surface area contributed by atoms with Gasteiger partial charge in [0, 0.05) is 18.3 Å². The quantitative estimate of drug-likeness (QED) is 0.813. The molecule has 0 saturated carbocycles. The summed E-state index contributed by atoms with van der Waals surface area (Å²) in [5.74, 6) is 0.592. The standard InChI is InChI=1S/C16H29N3/c1-11(2)14-16(7,8)19-13(9-10-17-19)15(5,6)18(14)12(3)4/h9-12,14H,1-8H3. The van der Waals surface area contributed by atoms with E-state index < -0.39 is 0 Å². The van der Waals surface area contributed by atoms with Gasteiger partial charge >= 0.3 is 0 Å². The van der Waals surface area contributed by atoms with Crippen molar-refractivity contribution in [2.24, 2.45) is 5.92 Å². The van der Waals surface area contributed by atoms with E-state index in [1.54, 1.807) is 0 Å². The number of hydrogen-bond acceptors (Lipinski definition) is 2. The maximum Gasteiger partial charge on any atom is 0.0733 e. The van der Waals surface area contributed by atoms with Crippen molar-refractivity contribution in [2.45, 2.75) is 78.6 Å². The van der Waals surface area contributed by atoms with Gasteiger partial charge in [0.05, 0.1) is 16.8 Å². The van der Waals surface area contributed by atoms with Crippen LogP contribution in [0.2, 0.25) is 0 Å². The molecule has 3 heteroatoms. The molecule has 1 aliphatic heterocycles. The van der Waals surface area contributed by atoms with Crippen LogP contribution < -0.4 is 0 Å². The Morgan fingerprint density at radius 1 is 1.11 bits per heavy atom. The molecule has 1 unspecified atom stereocenters. The van der Waals surface area contributed by atoms with Crippen LogP contribution in [-0.4, -0.2) is 26.8 Å². The van der Waals surface area contributed by atoms with Crippen LogP contribution in [0.1, 0.15) is 61.1 Å². The summed E-state index contributed by atoms with van der Waals surface area (Å²) in [6.45, 7) is 18.5. The maximum absolute atomic E-state index is 4.62. The molecule has 0 aromatic carbocycles. The van der Waals surface area contributed by atoms with E-state index in [4.69, 9.17) is 0 Å². The molecule has 108 valence electrons. The largest absolute Gasteiger partial charge is 0.285 e. The lowest BCUT2D eigenvalue weighted by atomic mass is 9.77. The SMILES string of the molecule is CC(C)C1N(C(C)C)C(C)(C)c2ccnn2C1(C)C. The smallest absolute Gasteiger partial charge is 0.0733 e. The molecule has 0 N–H and O–H groups in total. The zero-order valence-electron chi connectivity index (χ0n) is 13.7. The molecular weight excluding hydrogens is 234 g/mol. The highest BCUT2D eigenvalue weighted by atomic mass is 15.4. The van der Waals surface area contributed by atoms with Crippen LogP contribution in [0.3, 0.4) is 0 Å². The van der Waals surface area contributed by atoms with Crippen LogP contribution >= 0.6 is 0 Å². The number of nitrogens with zero attached hydrogens (tertiary/aromatic N) is 3. The molecule has 2 rings (SSSR count). The average molecular weight is 263 g/mol. The first-order valence-electron chi connectivity index (χ1n) is 7.45. The summed E-state index contributed by atoms with van der Waals surface area (Å²) in [6.07, 6.45) is 1.94. The second-order valence-corrected chi connectivity index (χ2v) is 7.53. The van der Waals surface area contributed by atoms with Gasteiger partial charge in [-0.1, -0.05) is 13.8 Å². The minimum Gasteiger partial charge on any atom is -0.285 e. The predicted molar refractivity (Wildman–Crippen MR) is 80.2 cm³/mol.